The van der Waals surface area contributed by atoms with Crippen molar-refractivity contribution in [2.45, 2.75) is 44.6 Å². The second-order valence-electron chi connectivity index (χ2n) is 7.15. The second-order valence-corrected chi connectivity index (χ2v) is 7.15. The van der Waals surface area contributed by atoms with Crippen molar-refractivity contribution in [3.05, 3.63) is 48.0 Å². The Bertz CT molecular complexity index is 728. The molecule has 0 aromatic heterocycles. The minimum Gasteiger partial charge on any atom is -0.493 e. The van der Waals surface area contributed by atoms with Crippen LogP contribution in [0.25, 0.3) is 11.1 Å². The summed E-state index contributed by atoms with van der Waals surface area (Å²) in [6.45, 7) is 5.20. The summed E-state index contributed by atoms with van der Waals surface area (Å²) in [5.41, 5.74) is 5.38. The average Bonchev–Trinajstić information content (AvgIpc) is 2.84. The zero-order valence-corrected chi connectivity index (χ0v) is 15.1. The number of rotatable bonds is 5. The normalized spacial score (nSPS) is 21.8. The Labute approximate surface area is 150 Å². The number of benzene rings is 2. The van der Waals surface area contributed by atoms with E-state index < -0.39 is 0 Å². The summed E-state index contributed by atoms with van der Waals surface area (Å²) < 4.78 is 6.12. The predicted molar refractivity (Wildman–Crippen MR) is 105 cm³/mol. The number of unbranched alkanes of at least 4 members (excludes halogenated alkanes) is 1. The number of para-hydroxylation sites is 1. The lowest BCUT2D eigenvalue weighted by Gasteiger charge is -2.19. The van der Waals surface area contributed by atoms with E-state index in [2.05, 4.69) is 60.0 Å². The minimum atomic E-state index is 0.555. The maximum atomic E-state index is 6.12. The Morgan fingerprint density at radius 2 is 1.84 bits per heavy atom. The van der Waals surface area contributed by atoms with E-state index in [9.17, 15) is 0 Å². The van der Waals surface area contributed by atoms with Crippen molar-refractivity contribution in [2.75, 3.05) is 25.0 Å². The van der Waals surface area contributed by atoms with Crippen LogP contribution in [0.2, 0.25) is 0 Å². The Balaban J connectivity index is 1.72. The van der Waals surface area contributed by atoms with Gasteiger partial charge in [-0.15, -0.1) is 0 Å². The van der Waals surface area contributed by atoms with Crippen LogP contribution in [0.4, 0.5) is 5.69 Å². The highest BCUT2D eigenvalue weighted by Gasteiger charge is 2.35. The highest BCUT2D eigenvalue weighted by molar-refractivity contribution is 5.81. The summed E-state index contributed by atoms with van der Waals surface area (Å²) in [6.07, 6.45) is 4.64. The van der Waals surface area contributed by atoms with Gasteiger partial charge < -0.3 is 15.4 Å². The molecular formula is C22H28N2O. The number of hydrogen-bond donors (Lipinski definition) is 2. The minimum absolute atomic E-state index is 0.555. The van der Waals surface area contributed by atoms with Crippen LogP contribution in [0.1, 0.15) is 44.1 Å². The van der Waals surface area contributed by atoms with Crippen molar-refractivity contribution < 1.29 is 4.74 Å². The summed E-state index contributed by atoms with van der Waals surface area (Å²) in [6, 6.07) is 15.7. The number of hydrogen-bond acceptors (Lipinski definition) is 3. The summed E-state index contributed by atoms with van der Waals surface area (Å²) in [5.74, 6) is 1.60. The van der Waals surface area contributed by atoms with Gasteiger partial charge in [-0.25, -0.2) is 0 Å². The van der Waals surface area contributed by atoms with E-state index >= 15 is 0 Å². The lowest BCUT2D eigenvalue weighted by molar-refractivity contribution is 0.310. The van der Waals surface area contributed by atoms with E-state index in [-0.39, 0.29) is 0 Å². The molecule has 0 spiro atoms. The SMILES string of the molecule is CCCCOc1ccccc1-c1cccc2c1[C@H]1CCNCC[C@@H]1N2. The molecule has 3 heteroatoms. The third kappa shape index (κ3) is 3.25. The molecule has 2 N–H and O–H groups in total. The van der Waals surface area contributed by atoms with Crippen molar-refractivity contribution >= 4 is 5.69 Å². The fourth-order valence-electron chi connectivity index (χ4n) is 4.23. The Morgan fingerprint density at radius 3 is 2.76 bits per heavy atom. The molecule has 2 aliphatic heterocycles. The van der Waals surface area contributed by atoms with Crippen LogP contribution in [0, 0.1) is 0 Å². The molecule has 1 saturated heterocycles. The number of fused-ring (bicyclic) bond motifs is 3. The third-order valence-corrected chi connectivity index (χ3v) is 5.50. The predicted octanol–water partition coefficient (Wildman–Crippen LogP) is 4.79. The van der Waals surface area contributed by atoms with Gasteiger partial charge in [0.05, 0.1) is 6.61 Å². The molecular weight excluding hydrogens is 308 g/mol. The van der Waals surface area contributed by atoms with E-state index in [4.69, 9.17) is 4.74 Å². The molecule has 2 heterocycles. The first-order valence-corrected chi connectivity index (χ1v) is 9.71. The van der Waals surface area contributed by atoms with Crippen molar-refractivity contribution in [1.29, 1.82) is 0 Å². The zero-order chi connectivity index (χ0) is 17.1. The molecule has 4 rings (SSSR count). The molecule has 0 saturated carbocycles. The van der Waals surface area contributed by atoms with Crippen LogP contribution in [-0.4, -0.2) is 25.7 Å². The van der Waals surface area contributed by atoms with Gasteiger partial charge >= 0.3 is 0 Å². The van der Waals surface area contributed by atoms with Crippen molar-refractivity contribution in [2.24, 2.45) is 0 Å². The largest absolute Gasteiger partial charge is 0.493 e. The van der Waals surface area contributed by atoms with Crippen LogP contribution in [0.5, 0.6) is 5.75 Å². The Hall–Kier alpha value is -2.00. The molecule has 0 bridgehead atoms. The smallest absolute Gasteiger partial charge is 0.127 e. The van der Waals surface area contributed by atoms with Gasteiger partial charge in [-0.3, -0.25) is 0 Å². The van der Waals surface area contributed by atoms with Gasteiger partial charge in [-0.1, -0.05) is 43.7 Å². The summed E-state index contributed by atoms with van der Waals surface area (Å²) >= 11 is 0. The topological polar surface area (TPSA) is 33.3 Å². The molecule has 0 unspecified atom stereocenters. The third-order valence-electron chi connectivity index (χ3n) is 5.50. The summed E-state index contributed by atoms with van der Waals surface area (Å²) in [5, 5.41) is 7.32. The second kappa shape index (κ2) is 7.49. The van der Waals surface area contributed by atoms with Crippen LogP contribution >= 0.6 is 0 Å². The van der Waals surface area contributed by atoms with Gasteiger partial charge in [-0.05, 0) is 55.6 Å². The molecule has 2 aliphatic rings. The number of anilines is 1. The Kier molecular flexibility index (Phi) is 4.93. The first-order chi connectivity index (χ1) is 12.4. The molecule has 0 amide bonds. The lowest BCUT2D eigenvalue weighted by Crippen LogP contribution is -2.21. The van der Waals surface area contributed by atoms with Crippen LogP contribution in [0.3, 0.4) is 0 Å². The monoisotopic (exact) mass is 336 g/mol. The molecule has 2 aromatic carbocycles. The summed E-state index contributed by atoms with van der Waals surface area (Å²) in [4.78, 5) is 0. The van der Waals surface area contributed by atoms with E-state index in [1.165, 1.54) is 35.2 Å². The highest BCUT2D eigenvalue weighted by atomic mass is 16.5. The van der Waals surface area contributed by atoms with Crippen LogP contribution in [-0.2, 0) is 0 Å². The average molecular weight is 336 g/mol. The van der Waals surface area contributed by atoms with Gasteiger partial charge in [0.25, 0.3) is 0 Å². The van der Waals surface area contributed by atoms with Gasteiger partial charge in [0.2, 0.25) is 0 Å². The molecule has 3 nitrogen and oxygen atoms in total. The van der Waals surface area contributed by atoms with E-state index in [1.54, 1.807) is 0 Å². The van der Waals surface area contributed by atoms with Gasteiger partial charge in [0.1, 0.15) is 5.75 Å². The fraction of sp³-hybridized carbons (Fsp3) is 0.455. The van der Waals surface area contributed by atoms with Crippen molar-refractivity contribution in [1.82, 2.24) is 5.32 Å². The maximum Gasteiger partial charge on any atom is 0.127 e. The summed E-state index contributed by atoms with van der Waals surface area (Å²) in [7, 11) is 0. The molecule has 25 heavy (non-hydrogen) atoms. The molecule has 2 aromatic rings. The lowest BCUT2D eigenvalue weighted by atomic mass is 9.85. The highest BCUT2D eigenvalue weighted by Crippen LogP contribution is 2.46. The molecule has 132 valence electrons. The zero-order valence-electron chi connectivity index (χ0n) is 15.1. The van der Waals surface area contributed by atoms with Crippen LogP contribution in [0.15, 0.2) is 42.5 Å². The molecule has 0 aliphatic carbocycles. The van der Waals surface area contributed by atoms with Crippen LogP contribution < -0.4 is 15.4 Å². The quantitative estimate of drug-likeness (QED) is 0.770. The Morgan fingerprint density at radius 1 is 1.00 bits per heavy atom. The van der Waals surface area contributed by atoms with Gasteiger partial charge in [-0.2, -0.15) is 0 Å². The standard InChI is InChI=1S/C22H28N2O/c1-2-3-15-25-21-10-5-4-7-16(21)17-8-6-9-20-22(17)18-11-13-23-14-12-19(18)24-20/h4-10,18-19,23-24H,2-3,11-15H2,1H3/t18-,19-/m0/s1. The van der Waals surface area contributed by atoms with E-state index in [0.717, 1.165) is 38.3 Å². The molecule has 2 atom stereocenters. The van der Waals surface area contributed by atoms with E-state index in [0.29, 0.717) is 12.0 Å². The number of nitrogens with one attached hydrogen (secondary N) is 2. The fourth-order valence-corrected chi connectivity index (χ4v) is 4.23. The van der Waals surface area contributed by atoms with Gasteiger partial charge in [0.15, 0.2) is 0 Å². The first kappa shape index (κ1) is 16.5. The molecule has 0 radical (unpaired) electrons. The number of ether oxygens (including phenoxy) is 1. The van der Waals surface area contributed by atoms with Gasteiger partial charge in [0, 0.05) is 23.2 Å². The maximum absolute atomic E-state index is 6.12. The molecule has 1 fully saturated rings. The van der Waals surface area contributed by atoms with Crippen molar-refractivity contribution in [3.8, 4) is 16.9 Å². The van der Waals surface area contributed by atoms with Crippen molar-refractivity contribution in [3.63, 3.8) is 0 Å². The van der Waals surface area contributed by atoms with E-state index in [1.807, 2.05) is 0 Å². The first-order valence-electron chi connectivity index (χ1n) is 9.71.